The van der Waals surface area contributed by atoms with E-state index in [1.165, 1.54) is 0 Å². The number of hydrogen-bond acceptors (Lipinski definition) is 7. The summed E-state index contributed by atoms with van der Waals surface area (Å²) in [6.07, 6.45) is 10.9. The van der Waals surface area contributed by atoms with Crippen LogP contribution in [0.1, 0.15) is 26.0 Å². The van der Waals surface area contributed by atoms with Crippen molar-refractivity contribution in [3.05, 3.63) is 61.2 Å². The van der Waals surface area contributed by atoms with E-state index in [4.69, 9.17) is 4.98 Å². The van der Waals surface area contributed by atoms with Gasteiger partial charge in [-0.15, -0.1) is 0 Å². The molecular formula is C26H24N10O. The molecule has 0 aromatic carbocycles. The van der Waals surface area contributed by atoms with Crippen LogP contribution in [0.3, 0.4) is 0 Å². The largest absolute Gasteiger partial charge is 0.336 e. The van der Waals surface area contributed by atoms with Crippen LogP contribution in [-0.2, 0) is 4.79 Å². The Morgan fingerprint density at radius 1 is 1.11 bits per heavy atom. The number of nitrogens with one attached hydrogen (secondary N) is 3. The van der Waals surface area contributed by atoms with E-state index in [9.17, 15) is 4.79 Å². The molecule has 0 atom stereocenters. The molecule has 0 aliphatic rings. The predicted octanol–water partition coefficient (Wildman–Crippen LogP) is 4.44. The third-order valence-corrected chi connectivity index (χ3v) is 5.92. The third kappa shape index (κ3) is 4.31. The van der Waals surface area contributed by atoms with Gasteiger partial charge in [0.15, 0.2) is 11.6 Å². The number of fused-ring (bicyclic) bond motifs is 2. The van der Waals surface area contributed by atoms with Gasteiger partial charge in [-0.2, -0.15) is 5.10 Å². The Morgan fingerprint density at radius 2 is 2.00 bits per heavy atom. The Balaban J connectivity index is 1.38. The quantitative estimate of drug-likeness (QED) is 0.312. The highest BCUT2D eigenvalue weighted by atomic mass is 16.1. The van der Waals surface area contributed by atoms with E-state index in [2.05, 4.69) is 40.4 Å². The summed E-state index contributed by atoms with van der Waals surface area (Å²) in [5.74, 6) is 1.52. The Bertz CT molecular complexity index is 1760. The normalized spacial score (nSPS) is 11.6. The van der Waals surface area contributed by atoms with Gasteiger partial charge >= 0.3 is 0 Å². The molecule has 0 aliphatic carbocycles. The molecule has 6 aromatic rings. The van der Waals surface area contributed by atoms with Gasteiger partial charge in [-0.05, 0) is 31.0 Å². The van der Waals surface area contributed by atoms with E-state index in [0.717, 1.165) is 33.2 Å². The highest BCUT2D eigenvalue weighted by Crippen LogP contribution is 2.30. The lowest BCUT2D eigenvalue weighted by Crippen LogP contribution is -2.13. The van der Waals surface area contributed by atoms with Gasteiger partial charge in [0.25, 0.3) is 0 Å². The van der Waals surface area contributed by atoms with Gasteiger partial charge in [0.2, 0.25) is 5.91 Å². The standard InChI is InChI=1S/C26H24N10O/c1-14(2)6-22(37)31-17-7-16(9-27-10-17)20-8-18-21(11-29-20)34-35-23(18)25-32-19-4-5-28-26(24(19)33-25)36-12-15(3)30-13-36/h4-5,7-14H,6H2,1-3H3,(H,31,37)(H,32,33)(H,34,35). The van der Waals surface area contributed by atoms with Crippen LogP contribution in [0.25, 0.3) is 50.5 Å². The second-order valence-electron chi connectivity index (χ2n) is 9.33. The number of rotatable bonds is 6. The molecule has 11 nitrogen and oxygen atoms in total. The summed E-state index contributed by atoms with van der Waals surface area (Å²) in [6, 6.07) is 5.69. The minimum Gasteiger partial charge on any atom is -0.336 e. The Hall–Kier alpha value is -4.93. The van der Waals surface area contributed by atoms with Crippen molar-refractivity contribution >= 4 is 33.5 Å². The van der Waals surface area contributed by atoms with Crippen LogP contribution in [0.15, 0.2) is 55.5 Å². The van der Waals surface area contributed by atoms with Crippen LogP contribution in [-0.4, -0.2) is 50.6 Å². The number of aromatic amines is 2. The number of amides is 1. The van der Waals surface area contributed by atoms with Crippen LogP contribution < -0.4 is 5.32 Å². The summed E-state index contributed by atoms with van der Waals surface area (Å²) < 4.78 is 1.85. The number of hydrogen-bond donors (Lipinski definition) is 3. The first kappa shape index (κ1) is 22.5. The van der Waals surface area contributed by atoms with Crippen molar-refractivity contribution in [3.8, 4) is 28.6 Å². The fourth-order valence-electron chi connectivity index (χ4n) is 4.25. The molecule has 0 aliphatic heterocycles. The summed E-state index contributed by atoms with van der Waals surface area (Å²) in [6.45, 7) is 5.95. The molecule has 6 rings (SSSR count). The molecule has 6 aromatic heterocycles. The Morgan fingerprint density at radius 3 is 2.81 bits per heavy atom. The monoisotopic (exact) mass is 492 g/mol. The number of imidazole rings is 2. The van der Waals surface area contributed by atoms with Crippen molar-refractivity contribution in [1.29, 1.82) is 0 Å². The van der Waals surface area contributed by atoms with Gasteiger partial charge in [-0.1, -0.05) is 13.8 Å². The topological polar surface area (TPSA) is 143 Å². The lowest BCUT2D eigenvalue weighted by atomic mass is 10.1. The van der Waals surface area contributed by atoms with Gasteiger partial charge in [0, 0.05) is 36.0 Å². The number of nitrogens with zero attached hydrogens (tertiary/aromatic N) is 7. The van der Waals surface area contributed by atoms with Gasteiger partial charge in [0.05, 0.1) is 40.5 Å². The molecule has 6 heterocycles. The van der Waals surface area contributed by atoms with Crippen LogP contribution >= 0.6 is 0 Å². The van der Waals surface area contributed by atoms with E-state index < -0.39 is 0 Å². The zero-order valence-electron chi connectivity index (χ0n) is 20.5. The maximum absolute atomic E-state index is 12.2. The van der Waals surface area contributed by atoms with Crippen LogP contribution in [0.2, 0.25) is 0 Å². The van der Waals surface area contributed by atoms with Crippen molar-refractivity contribution in [2.75, 3.05) is 5.32 Å². The molecule has 0 spiro atoms. The number of carbonyl (C=O) groups excluding carboxylic acids is 1. The zero-order valence-corrected chi connectivity index (χ0v) is 20.5. The predicted molar refractivity (Wildman–Crippen MR) is 140 cm³/mol. The first-order valence-corrected chi connectivity index (χ1v) is 11.9. The molecule has 0 saturated carbocycles. The van der Waals surface area contributed by atoms with Crippen molar-refractivity contribution in [2.45, 2.75) is 27.2 Å². The first-order chi connectivity index (χ1) is 17.9. The van der Waals surface area contributed by atoms with E-state index in [-0.39, 0.29) is 11.8 Å². The minimum absolute atomic E-state index is 0.0425. The molecule has 184 valence electrons. The lowest BCUT2D eigenvalue weighted by molar-refractivity contribution is -0.116. The van der Waals surface area contributed by atoms with Crippen LogP contribution in [0.5, 0.6) is 0 Å². The van der Waals surface area contributed by atoms with Gasteiger partial charge in [-0.25, -0.2) is 15.0 Å². The number of aromatic nitrogens is 9. The summed E-state index contributed by atoms with van der Waals surface area (Å²) in [5, 5.41) is 11.3. The molecule has 1 amide bonds. The lowest BCUT2D eigenvalue weighted by Gasteiger charge is -2.08. The fraction of sp³-hybridized carbons (Fsp3) is 0.192. The Kier molecular flexibility index (Phi) is 5.44. The van der Waals surface area contributed by atoms with E-state index in [0.29, 0.717) is 35.1 Å². The van der Waals surface area contributed by atoms with Crippen molar-refractivity contribution < 1.29 is 4.79 Å². The summed E-state index contributed by atoms with van der Waals surface area (Å²) in [7, 11) is 0. The smallest absolute Gasteiger partial charge is 0.224 e. The van der Waals surface area contributed by atoms with Crippen molar-refractivity contribution in [3.63, 3.8) is 0 Å². The zero-order chi connectivity index (χ0) is 25.5. The fourth-order valence-corrected chi connectivity index (χ4v) is 4.25. The minimum atomic E-state index is -0.0425. The molecule has 3 N–H and O–H groups in total. The van der Waals surface area contributed by atoms with Gasteiger partial charge in [0.1, 0.15) is 17.5 Å². The Labute approximate surface area is 211 Å². The van der Waals surface area contributed by atoms with Gasteiger partial charge < -0.3 is 10.3 Å². The molecular weight excluding hydrogens is 468 g/mol. The number of H-pyrrole nitrogens is 2. The average molecular weight is 493 g/mol. The van der Waals surface area contributed by atoms with Crippen molar-refractivity contribution in [2.24, 2.45) is 5.92 Å². The number of aryl methyl sites for hydroxylation is 1. The maximum atomic E-state index is 12.2. The molecule has 0 bridgehead atoms. The average Bonchev–Trinajstić information content (AvgIpc) is 3.60. The molecule has 0 unspecified atom stereocenters. The molecule has 0 radical (unpaired) electrons. The summed E-state index contributed by atoms with van der Waals surface area (Å²) in [5.41, 5.74) is 6.00. The molecule has 0 fully saturated rings. The number of carbonyl (C=O) groups is 1. The second-order valence-corrected chi connectivity index (χ2v) is 9.33. The van der Waals surface area contributed by atoms with E-state index in [1.54, 1.807) is 31.1 Å². The van der Waals surface area contributed by atoms with Gasteiger partial charge in [-0.3, -0.25) is 24.4 Å². The van der Waals surface area contributed by atoms with E-state index in [1.807, 2.05) is 49.7 Å². The number of pyridine rings is 3. The SMILES string of the molecule is Cc1cn(-c2nccc3[nH]c(-c4n[nH]c5cnc(-c6cncc(NC(=O)CC(C)C)c6)cc45)nc23)cn1. The summed E-state index contributed by atoms with van der Waals surface area (Å²) in [4.78, 5) is 38.1. The second kappa shape index (κ2) is 8.94. The first-order valence-electron chi connectivity index (χ1n) is 11.9. The van der Waals surface area contributed by atoms with Crippen molar-refractivity contribution in [1.82, 2.24) is 44.7 Å². The molecule has 37 heavy (non-hydrogen) atoms. The van der Waals surface area contributed by atoms with Crippen LogP contribution in [0.4, 0.5) is 5.69 Å². The van der Waals surface area contributed by atoms with Crippen LogP contribution in [0, 0.1) is 12.8 Å². The molecule has 0 saturated heterocycles. The van der Waals surface area contributed by atoms with E-state index >= 15 is 0 Å². The highest BCUT2D eigenvalue weighted by molar-refractivity contribution is 5.96. The third-order valence-electron chi connectivity index (χ3n) is 5.92. The summed E-state index contributed by atoms with van der Waals surface area (Å²) >= 11 is 0. The maximum Gasteiger partial charge on any atom is 0.224 e. The highest BCUT2D eigenvalue weighted by Gasteiger charge is 2.17. The number of anilines is 1. The molecule has 11 heteroatoms.